The SMILES string of the molecule is Cn1c(N2CCN(c3cc(Cl)ccc3Cl)CC2)nc2ccncc21. The molecular weight excluding hydrogens is 345 g/mol. The van der Waals surface area contributed by atoms with Crippen molar-refractivity contribution in [3.63, 3.8) is 0 Å². The molecule has 1 aliphatic heterocycles. The molecule has 1 aliphatic rings. The van der Waals surface area contributed by atoms with Crippen LogP contribution in [0.2, 0.25) is 10.0 Å². The first-order chi connectivity index (χ1) is 11.6. The Morgan fingerprint density at radius 2 is 1.75 bits per heavy atom. The predicted molar refractivity (Wildman–Crippen MR) is 99.4 cm³/mol. The molecule has 1 saturated heterocycles. The van der Waals surface area contributed by atoms with Gasteiger partial charge in [0.05, 0.1) is 27.9 Å². The minimum Gasteiger partial charge on any atom is -0.367 e. The van der Waals surface area contributed by atoms with Gasteiger partial charge in [-0.3, -0.25) is 4.98 Å². The van der Waals surface area contributed by atoms with Crippen molar-refractivity contribution in [2.24, 2.45) is 7.05 Å². The molecule has 1 fully saturated rings. The van der Waals surface area contributed by atoms with Crippen LogP contribution < -0.4 is 9.80 Å². The Morgan fingerprint density at radius 3 is 2.50 bits per heavy atom. The number of nitrogens with zero attached hydrogens (tertiary/aromatic N) is 5. The molecule has 4 rings (SSSR count). The van der Waals surface area contributed by atoms with Crippen LogP contribution in [0, 0.1) is 0 Å². The van der Waals surface area contributed by atoms with Crippen LogP contribution in [-0.2, 0) is 7.05 Å². The van der Waals surface area contributed by atoms with Gasteiger partial charge in [-0.15, -0.1) is 0 Å². The molecule has 1 aromatic carbocycles. The molecule has 7 heteroatoms. The van der Waals surface area contributed by atoms with Gasteiger partial charge in [-0.25, -0.2) is 4.98 Å². The van der Waals surface area contributed by atoms with Crippen molar-refractivity contribution in [2.75, 3.05) is 36.0 Å². The van der Waals surface area contributed by atoms with Gasteiger partial charge in [0.2, 0.25) is 5.95 Å². The number of aromatic nitrogens is 3. The Morgan fingerprint density at radius 1 is 1.00 bits per heavy atom. The first-order valence-electron chi connectivity index (χ1n) is 7.85. The van der Waals surface area contributed by atoms with Gasteiger partial charge in [0.1, 0.15) is 0 Å². The highest BCUT2D eigenvalue weighted by Gasteiger charge is 2.22. The predicted octanol–water partition coefficient (Wildman–Crippen LogP) is 3.60. The topological polar surface area (TPSA) is 37.2 Å². The van der Waals surface area contributed by atoms with Crippen molar-refractivity contribution in [3.8, 4) is 0 Å². The van der Waals surface area contributed by atoms with Gasteiger partial charge in [-0.1, -0.05) is 23.2 Å². The van der Waals surface area contributed by atoms with Gasteiger partial charge in [-0.05, 0) is 24.3 Å². The largest absolute Gasteiger partial charge is 0.367 e. The zero-order valence-electron chi connectivity index (χ0n) is 13.3. The summed E-state index contributed by atoms with van der Waals surface area (Å²) in [6.45, 7) is 3.52. The lowest BCUT2D eigenvalue weighted by Gasteiger charge is -2.37. The van der Waals surface area contributed by atoms with E-state index in [0.717, 1.165) is 53.9 Å². The lowest BCUT2D eigenvalue weighted by Crippen LogP contribution is -2.47. The number of halogens is 2. The summed E-state index contributed by atoms with van der Waals surface area (Å²) in [6.07, 6.45) is 3.63. The normalized spacial score (nSPS) is 15.3. The fourth-order valence-corrected chi connectivity index (χ4v) is 3.58. The Kier molecular flexibility index (Phi) is 3.98. The standard InChI is InChI=1S/C17H17Cl2N5/c1-22-16-11-20-5-4-14(16)21-17(22)24-8-6-23(7-9-24)15-10-12(18)2-3-13(15)19/h2-5,10-11H,6-9H2,1H3. The lowest BCUT2D eigenvalue weighted by atomic mass is 10.2. The van der Waals surface area contributed by atoms with E-state index in [0.29, 0.717) is 5.02 Å². The van der Waals surface area contributed by atoms with Crippen LogP contribution in [0.15, 0.2) is 36.7 Å². The average Bonchev–Trinajstić information content (AvgIpc) is 2.95. The summed E-state index contributed by atoms with van der Waals surface area (Å²) >= 11 is 12.4. The van der Waals surface area contributed by atoms with Crippen LogP contribution in [0.4, 0.5) is 11.6 Å². The molecule has 0 unspecified atom stereocenters. The number of anilines is 2. The van der Waals surface area contributed by atoms with E-state index >= 15 is 0 Å². The Balaban J connectivity index is 1.55. The van der Waals surface area contributed by atoms with E-state index in [4.69, 9.17) is 28.2 Å². The van der Waals surface area contributed by atoms with Crippen molar-refractivity contribution in [1.29, 1.82) is 0 Å². The summed E-state index contributed by atoms with van der Waals surface area (Å²) < 4.78 is 2.10. The third-order valence-electron chi connectivity index (χ3n) is 4.47. The number of pyridine rings is 1. The number of hydrogen-bond acceptors (Lipinski definition) is 4. The summed E-state index contributed by atoms with van der Waals surface area (Å²) in [4.78, 5) is 13.5. The Labute approximate surface area is 150 Å². The zero-order chi connectivity index (χ0) is 16.7. The fraction of sp³-hybridized carbons (Fsp3) is 0.294. The molecule has 24 heavy (non-hydrogen) atoms. The highest BCUT2D eigenvalue weighted by molar-refractivity contribution is 6.35. The zero-order valence-corrected chi connectivity index (χ0v) is 14.8. The highest BCUT2D eigenvalue weighted by Crippen LogP contribution is 2.30. The molecule has 0 atom stereocenters. The molecule has 0 spiro atoms. The molecule has 0 amide bonds. The van der Waals surface area contributed by atoms with Gasteiger partial charge in [0, 0.05) is 44.4 Å². The number of piperazine rings is 1. The molecule has 3 aromatic rings. The summed E-state index contributed by atoms with van der Waals surface area (Å²) in [7, 11) is 2.03. The van der Waals surface area contributed by atoms with Crippen molar-refractivity contribution in [2.45, 2.75) is 0 Å². The fourth-order valence-electron chi connectivity index (χ4n) is 3.18. The monoisotopic (exact) mass is 361 g/mol. The molecule has 0 bridgehead atoms. The minimum atomic E-state index is 0.708. The number of imidazole rings is 1. The Bertz CT molecular complexity index is 884. The van der Waals surface area contributed by atoms with Crippen LogP contribution in [0.25, 0.3) is 11.0 Å². The first kappa shape index (κ1) is 15.5. The van der Waals surface area contributed by atoms with Crippen LogP contribution in [0.3, 0.4) is 0 Å². The quantitative estimate of drug-likeness (QED) is 0.698. The van der Waals surface area contributed by atoms with E-state index in [2.05, 4.69) is 19.4 Å². The molecule has 0 aliphatic carbocycles. The summed E-state index contributed by atoms with van der Waals surface area (Å²) in [5, 5.41) is 1.45. The van der Waals surface area contributed by atoms with E-state index in [1.165, 1.54) is 0 Å². The molecule has 2 aromatic heterocycles. The van der Waals surface area contributed by atoms with Gasteiger partial charge in [0.15, 0.2) is 0 Å². The van der Waals surface area contributed by atoms with E-state index in [1.807, 2.05) is 37.5 Å². The summed E-state index contributed by atoms with van der Waals surface area (Å²) in [5.41, 5.74) is 3.02. The summed E-state index contributed by atoms with van der Waals surface area (Å²) in [5.74, 6) is 0.981. The molecule has 3 heterocycles. The molecule has 0 N–H and O–H groups in total. The first-order valence-corrected chi connectivity index (χ1v) is 8.60. The van der Waals surface area contributed by atoms with Crippen LogP contribution in [-0.4, -0.2) is 40.7 Å². The lowest BCUT2D eigenvalue weighted by molar-refractivity contribution is 0.632. The summed E-state index contributed by atoms with van der Waals surface area (Å²) in [6, 6.07) is 7.54. The van der Waals surface area contributed by atoms with Gasteiger partial charge >= 0.3 is 0 Å². The van der Waals surface area contributed by atoms with Crippen LogP contribution in [0.1, 0.15) is 0 Å². The maximum atomic E-state index is 6.32. The van der Waals surface area contributed by atoms with Crippen molar-refractivity contribution >= 4 is 45.9 Å². The molecule has 0 radical (unpaired) electrons. The maximum Gasteiger partial charge on any atom is 0.206 e. The van der Waals surface area contributed by atoms with E-state index in [9.17, 15) is 0 Å². The molecular formula is C17H17Cl2N5. The second-order valence-corrected chi connectivity index (χ2v) is 6.75. The smallest absolute Gasteiger partial charge is 0.206 e. The number of hydrogen-bond donors (Lipinski definition) is 0. The second kappa shape index (κ2) is 6.15. The number of aryl methyl sites for hydroxylation is 1. The van der Waals surface area contributed by atoms with Gasteiger partial charge in [-0.2, -0.15) is 0 Å². The Hall–Kier alpha value is -1.98. The van der Waals surface area contributed by atoms with Crippen molar-refractivity contribution < 1.29 is 0 Å². The molecule has 0 saturated carbocycles. The number of benzene rings is 1. The van der Waals surface area contributed by atoms with E-state index in [1.54, 1.807) is 6.20 Å². The van der Waals surface area contributed by atoms with Gasteiger partial charge < -0.3 is 14.4 Å². The van der Waals surface area contributed by atoms with Gasteiger partial charge in [0.25, 0.3) is 0 Å². The van der Waals surface area contributed by atoms with Crippen molar-refractivity contribution in [3.05, 3.63) is 46.7 Å². The third-order valence-corrected chi connectivity index (χ3v) is 5.03. The number of rotatable bonds is 2. The average molecular weight is 362 g/mol. The highest BCUT2D eigenvalue weighted by atomic mass is 35.5. The van der Waals surface area contributed by atoms with Crippen molar-refractivity contribution in [1.82, 2.24) is 14.5 Å². The minimum absolute atomic E-state index is 0.708. The molecule has 5 nitrogen and oxygen atoms in total. The molecule has 124 valence electrons. The van der Waals surface area contributed by atoms with Crippen LogP contribution in [0.5, 0.6) is 0 Å². The van der Waals surface area contributed by atoms with E-state index in [-0.39, 0.29) is 0 Å². The van der Waals surface area contributed by atoms with Crippen LogP contribution >= 0.6 is 23.2 Å². The van der Waals surface area contributed by atoms with E-state index < -0.39 is 0 Å². The second-order valence-electron chi connectivity index (χ2n) is 5.91. The maximum absolute atomic E-state index is 6.32. The third kappa shape index (κ3) is 2.68. The number of fused-ring (bicyclic) bond motifs is 1.